The first-order chi connectivity index (χ1) is 14.9. The Morgan fingerprint density at radius 2 is 1.65 bits per heavy atom. The van der Waals surface area contributed by atoms with E-state index in [0.717, 1.165) is 10.0 Å². The Kier molecular flexibility index (Phi) is 7.29. The molecule has 0 spiro atoms. The third kappa shape index (κ3) is 6.10. The maximum atomic E-state index is 12.3. The van der Waals surface area contributed by atoms with Crippen molar-refractivity contribution in [2.24, 2.45) is 5.10 Å². The van der Waals surface area contributed by atoms with Crippen LogP contribution in [0.3, 0.4) is 0 Å². The second kappa shape index (κ2) is 10.3. The van der Waals surface area contributed by atoms with Crippen molar-refractivity contribution >= 4 is 45.6 Å². The summed E-state index contributed by atoms with van der Waals surface area (Å²) in [7, 11) is 0. The lowest BCUT2D eigenvalue weighted by Crippen LogP contribution is -2.32. The summed E-state index contributed by atoms with van der Waals surface area (Å²) in [6.07, 6.45) is 1.29. The summed E-state index contributed by atoms with van der Waals surface area (Å²) >= 11 is 3.34. The number of halogens is 1. The van der Waals surface area contributed by atoms with Crippen LogP contribution in [0.15, 0.2) is 82.4 Å². The molecule has 0 bridgehead atoms. The highest BCUT2D eigenvalue weighted by atomic mass is 79.9. The number of hydrogen-bond donors (Lipinski definition) is 2. The summed E-state index contributed by atoms with van der Waals surface area (Å²) < 4.78 is 6.16. The Labute approximate surface area is 187 Å². The fourth-order valence-electron chi connectivity index (χ4n) is 2.55. The first-order valence-electron chi connectivity index (χ1n) is 9.21. The van der Waals surface area contributed by atoms with Crippen molar-refractivity contribution in [2.45, 2.75) is 6.92 Å². The number of aryl methyl sites for hydroxylation is 1. The van der Waals surface area contributed by atoms with E-state index in [9.17, 15) is 14.4 Å². The van der Waals surface area contributed by atoms with Crippen LogP contribution < -0.4 is 15.5 Å². The monoisotopic (exact) mass is 479 g/mol. The average molecular weight is 480 g/mol. The van der Waals surface area contributed by atoms with Gasteiger partial charge in [0.2, 0.25) is 0 Å². The summed E-state index contributed by atoms with van der Waals surface area (Å²) in [5.74, 6) is -2.06. The standard InChI is InChI=1S/C23H18BrN3O4/c1-15-7-5-6-10-19(15)26-21(28)22(29)27-25-14-17-13-18(24)11-12-20(17)31-23(30)16-8-3-2-4-9-16/h2-14H,1H3,(H,26,28)(H,27,29)/b25-14+. The number of esters is 1. The minimum Gasteiger partial charge on any atom is -0.422 e. The number of nitrogens with zero attached hydrogens (tertiary/aromatic N) is 1. The second-order valence-electron chi connectivity index (χ2n) is 6.41. The van der Waals surface area contributed by atoms with Gasteiger partial charge in [-0.1, -0.05) is 52.3 Å². The number of rotatable bonds is 5. The fourth-order valence-corrected chi connectivity index (χ4v) is 2.93. The molecule has 0 saturated heterocycles. The molecule has 3 aromatic carbocycles. The van der Waals surface area contributed by atoms with Crippen molar-refractivity contribution in [1.29, 1.82) is 0 Å². The number of anilines is 1. The van der Waals surface area contributed by atoms with Gasteiger partial charge in [-0.25, -0.2) is 10.2 Å². The summed E-state index contributed by atoms with van der Waals surface area (Å²) in [5.41, 5.74) is 4.35. The van der Waals surface area contributed by atoms with Gasteiger partial charge in [0.15, 0.2) is 0 Å². The first-order valence-corrected chi connectivity index (χ1v) is 10.00. The van der Waals surface area contributed by atoms with Gasteiger partial charge >= 0.3 is 17.8 Å². The van der Waals surface area contributed by atoms with Crippen LogP contribution in [0.2, 0.25) is 0 Å². The Bertz CT molecular complexity index is 1150. The molecule has 31 heavy (non-hydrogen) atoms. The van der Waals surface area contributed by atoms with Crippen LogP contribution >= 0.6 is 15.9 Å². The molecular formula is C23H18BrN3O4. The van der Waals surface area contributed by atoms with E-state index in [1.54, 1.807) is 60.7 Å². The van der Waals surface area contributed by atoms with Crippen molar-refractivity contribution in [3.05, 3.63) is 94.0 Å². The topological polar surface area (TPSA) is 96.9 Å². The lowest BCUT2D eigenvalue weighted by atomic mass is 10.2. The van der Waals surface area contributed by atoms with Crippen LogP contribution in [0.1, 0.15) is 21.5 Å². The van der Waals surface area contributed by atoms with Gasteiger partial charge in [-0.2, -0.15) is 5.10 Å². The van der Waals surface area contributed by atoms with Gasteiger partial charge in [0.25, 0.3) is 0 Å². The van der Waals surface area contributed by atoms with Crippen molar-refractivity contribution < 1.29 is 19.1 Å². The molecule has 0 heterocycles. The molecule has 3 aromatic rings. The minimum absolute atomic E-state index is 0.249. The molecule has 2 N–H and O–H groups in total. The molecule has 0 aromatic heterocycles. The minimum atomic E-state index is -0.933. The Morgan fingerprint density at radius 1 is 0.935 bits per heavy atom. The SMILES string of the molecule is Cc1ccccc1NC(=O)C(=O)N/N=C/c1cc(Br)ccc1OC(=O)c1ccccc1. The maximum absolute atomic E-state index is 12.3. The van der Waals surface area contributed by atoms with E-state index in [1.165, 1.54) is 6.21 Å². The van der Waals surface area contributed by atoms with Gasteiger partial charge in [-0.3, -0.25) is 9.59 Å². The van der Waals surface area contributed by atoms with Crippen molar-refractivity contribution in [3.8, 4) is 5.75 Å². The van der Waals surface area contributed by atoms with Crippen LogP contribution in [0.5, 0.6) is 5.75 Å². The fraction of sp³-hybridized carbons (Fsp3) is 0.0435. The van der Waals surface area contributed by atoms with Gasteiger partial charge in [0, 0.05) is 15.7 Å². The van der Waals surface area contributed by atoms with Gasteiger partial charge in [0.05, 0.1) is 11.8 Å². The zero-order valence-electron chi connectivity index (χ0n) is 16.5. The van der Waals surface area contributed by atoms with Crippen LogP contribution in [-0.2, 0) is 9.59 Å². The smallest absolute Gasteiger partial charge is 0.343 e. The summed E-state index contributed by atoms with van der Waals surface area (Å²) in [6, 6.07) is 20.6. The van der Waals surface area contributed by atoms with Crippen molar-refractivity contribution in [3.63, 3.8) is 0 Å². The molecule has 7 nitrogen and oxygen atoms in total. The van der Waals surface area contributed by atoms with E-state index in [-0.39, 0.29) is 5.75 Å². The predicted molar refractivity (Wildman–Crippen MR) is 121 cm³/mol. The normalized spacial score (nSPS) is 10.5. The lowest BCUT2D eigenvalue weighted by molar-refractivity contribution is -0.136. The highest BCUT2D eigenvalue weighted by Gasteiger charge is 2.14. The summed E-state index contributed by atoms with van der Waals surface area (Å²) in [6.45, 7) is 1.82. The third-order valence-electron chi connectivity index (χ3n) is 4.15. The number of hydrazone groups is 1. The zero-order chi connectivity index (χ0) is 22.2. The highest BCUT2D eigenvalue weighted by molar-refractivity contribution is 9.10. The summed E-state index contributed by atoms with van der Waals surface area (Å²) in [5, 5.41) is 6.33. The quantitative estimate of drug-likeness (QED) is 0.189. The Morgan fingerprint density at radius 3 is 2.39 bits per heavy atom. The number of carbonyl (C=O) groups is 3. The van der Waals surface area contributed by atoms with Gasteiger partial charge < -0.3 is 10.1 Å². The molecule has 0 radical (unpaired) electrons. The molecular weight excluding hydrogens is 462 g/mol. The number of ether oxygens (including phenoxy) is 1. The number of benzene rings is 3. The number of nitrogens with one attached hydrogen (secondary N) is 2. The van der Waals surface area contributed by atoms with E-state index in [2.05, 4.69) is 31.8 Å². The van der Waals surface area contributed by atoms with Crippen molar-refractivity contribution in [2.75, 3.05) is 5.32 Å². The van der Waals surface area contributed by atoms with E-state index in [4.69, 9.17) is 4.74 Å². The van der Waals surface area contributed by atoms with Gasteiger partial charge in [0.1, 0.15) is 5.75 Å². The number of para-hydroxylation sites is 1. The molecule has 0 atom stereocenters. The molecule has 0 fully saturated rings. The molecule has 0 aliphatic carbocycles. The molecule has 2 amide bonds. The van der Waals surface area contributed by atoms with Gasteiger partial charge in [-0.05, 0) is 48.9 Å². The number of amides is 2. The first kappa shape index (κ1) is 21.9. The molecule has 0 unspecified atom stereocenters. The highest BCUT2D eigenvalue weighted by Crippen LogP contribution is 2.23. The molecule has 8 heteroatoms. The number of carbonyl (C=O) groups excluding carboxylic acids is 3. The summed E-state index contributed by atoms with van der Waals surface area (Å²) in [4.78, 5) is 36.4. The largest absolute Gasteiger partial charge is 0.422 e. The van der Waals surface area contributed by atoms with E-state index >= 15 is 0 Å². The lowest BCUT2D eigenvalue weighted by Gasteiger charge is -2.08. The van der Waals surface area contributed by atoms with Crippen molar-refractivity contribution in [1.82, 2.24) is 5.43 Å². The zero-order valence-corrected chi connectivity index (χ0v) is 18.0. The molecule has 156 valence electrons. The van der Waals surface area contributed by atoms with E-state index in [1.807, 2.05) is 19.1 Å². The van der Waals surface area contributed by atoms with Crippen LogP contribution in [-0.4, -0.2) is 24.0 Å². The predicted octanol–water partition coefficient (Wildman–Crippen LogP) is 4.07. The Hall–Kier alpha value is -3.78. The van der Waals surface area contributed by atoms with Crippen LogP contribution in [0.25, 0.3) is 0 Å². The van der Waals surface area contributed by atoms with Crippen LogP contribution in [0.4, 0.5) is 5.69 Å². The molecule has 0 saturated carbocycles. The van der Waals surface area contributed by atoms with Gasteiger partial charge in [-0.15, -0.1) is 0 Å². The Balaban J connectivity index is 1.67. The molecule has 0 aliphatic rings. The second-order valence-corrected chi connectivity index (χ2v) is 7.32. The van der Waals surface area contributed by atoms with Crippen LogP contribution in [0, 0.1) is 6.92 Å². The number of hydrogen-bond acceptors (Lipinski definition) is 5. The molecule has 0 aliphatic heterocycles. The van der Waals surface area contributed by atoms with E-state index in [0.29, 0.717) is 16.8 Å². The average Bonchev–Trinajstić information content (AvgIpc) is 2.77. The molecule has 3 rings (SSSR count). The van der Waals surface area contributed by atoms with E-state index < -0.39 is 17.8 Å². The maximum Gasteiger partial charge on any atom is 0.343 e. The third-order valence-corrected chi connectivity index (χ3v) is 4.65.